The Morgan fingerprint density at radius 2 is 1.79 bits per heavy atom. The Morgan fingerprint density at radius 1 is 1.11 bits per heavy atom. The second-order valence-corrected chi connectivity index (χ2v) is 4.16. The topological polar surface area (TPSA) is 45.5 Å². The van der Waals surface area contributed by atoms with Gasteiger partial charge in [-0.25, -0.2) is 0 Å². The fourth-order valence-corrected chi connectivity index (χ4v) is 1.82. The van der Waals surface area contributed by atoms with Gasteiger partial charge in [0, 0.05) is 6.54 Å². The van der Waals surface area contributed by atoms with Gasteiger partial charge in [0.15, 0.2) is 11.5 Å². The fourth-order valence-electron chi connectivity index (χ4n) is 1.82. The van der Waals surface area contributed by atoms with E-state index in [-0.39, 0.29) is 0 Å². The van der Waals surface area contributed by atoms with Crippen molar-refractivity contribution >= 4 is 0 Å². The lowest BCUT2D eigenvalue weighted by atomic mass is 10.3. The van der Waals surface area contributed by atoms with Gasteiger partial charge in [-0.05, 0) is 32.0 Å². The van der Waals surface area contributed by atoms with Crippen molar-refractivity contribution in [2.24, 2.45) is 0 Å². The highest BCUT2D eigenvalue weighted by Gasteiger charge is 2.06. The Labute approximate surface area is 115 Å². The van der Waals surface area contributed by atoms with E-state index in [1.165, 1.54) is 0 Å². The molecule has 0 saturated carbocycles. The summed E-state index contributed by atoms with van der Waals surface area (Å²) in [4.78, 5) is 2.09. The van der Waals surface area contributed by atoms with Crippen LogP contribution in [0.5, 0.6) is 11.5 Å². The summed E-state index contributed by atoms with van der Waals surface area (Å²) in [6.07, 6.45) is 1.04. The van der Waals surface area contributed by atoms with Crippen molar-refractivity contribution in [1.29, 1.82) is 5.26 Å². The van der Waals surface area contributed by atoms with Gasteiger partial charge in [0.05, 0.1) is 19.2 Å². The molecule has 0 radical (unpaired) electrons. The summed E-state index contributed by atoms with van der Waals surface area (Å²) in [6, 6.07) is 9.84. The number of hydrogen-bond donors (Lipinski definition) is 0. The second kappa shape index (κ2) is 9.23. The van der Waals surface area contributed by atoms with Crippen LogP contribution in [0.15, 0.2) is 24.3 Å². The third kappa shape index (κ3) is 5.62. The lowest BCUT2D eigenvalue weighted by Crippen LogP contribution is -2.29. The molecule has 0 atom stereocenters. The number of nitriles is 1. The molecule has 4 heteroatoms. The lowest BCUT2D eigenvalue weighted by molar-refractivity contribution is 0.215. The first-order valence-electron chi connectivity index (χ1n) is 6.75. The zero-order chi connectivity index (χ0) is 13.9. The zero-order valence-electron chi connectivity index (χ0n) is 11.8. The molecule has 4 nitrogen and oxygen atoms in total. The third-order valence-corrected chi connectivity index (χ3v) is 2.65. The van der Waals surface area contributed by atoms with Crippen LogP contribution in [0.25, 0.3) is 0 Å². The van der Waals surface area contributed by atoms with Gasteiger partial charge in [-0.2, -0.15) is 5.26 Å². The normalized spacial score (nSPS) is 10.2. The van der Waals surface area contributed by atoms with Crippen LogP contribution < -0.4 is 9.47 Å². The first kappa shape index (κ1) is 15.3. The van der Waals surface area contributed by atoms with Crippen molar-refractivity contribution < 1.29 is 9.47 Å². The smallest absolute Gasteiger partial charge is 0.161 e. The summed E-state index contributed by atoms with van der Waals surface area (Å²) >= 11 is 0. The predicted molar refractivity (Wildman–Crippen MR) is 75.5 cm³/mol. The van der Waals surface area contributed by atoms with Crippen LogP contribution in [0, 0.1) is 11.3 Å². The summed E-state index contributed by atoms with van der Waals surface area (Å²) in [6.45, 7) is 7.36. The molecule has 0 N–H and O–H groups in total. The molecule has 0 fully saturated rings. The van der Waals surface area contributed by atoms with Crippen LogP contribution in [0.1, 0.15) is 20.3 Å². The van der Waals surface area contributed by atoms with Crippen LogP contribution in [-0.2, 0) is 0 Å². The summed E-state index contributed by atoms with van der Waals surface area (Å²) < 4.78 is 11.2. The van der Waals surface area contributed by atoms with E-state index >= 15 is 0 Å². The van der Waals surface area contributed by atoms with Crippen molar-refractivity contribution in [3.63, 3.8) is 0 Å². The van der Waals surface area contributed by atoms with Gasteiger partial charge >= 0.3 is 0 Å². The molecular weight excluding hydrogens is 240 g/mol. The molecule has 0 aliphatic rings. The summed E-state index contributed by atoms with van der Waals surface area (Å²) in [5.41, 5.74) is 0. The van der Waals surface area contributed by atoms with E-state index in [9.17, 15) is 0 Å². The molecule has 0 bridgehead atoms. The Morgan fingerprint density at radius 3 is 2.37 bits per heavy atom. The Bertz CT molecular complexity index is 401. The molecule has 0 aromatic heterocycles. The highest BCUT2D eigenvalue weighted by atomic mass is 16.5. The van der Waals surface area contributed by atoms with E-state index < -0.39 is 0 Å². The van der Waals surface area contributed by atoms with E-state index in [1.807, 2.05) is 31.2 Å². The van der Waals surface area contributed by atoms with Crippen molar-refractivity contribution in [3.05, 3.63) is 24.3 Å². The standard InChI is InChI=1S/C15H22N2O2/c1-3-10-17(11-9-16)12-13-19-15-8-6-5-7-14(15)18-4-2/h5-8H,3-4,10-13H2,1-2H3. The molecule has 0 aliphatic carbocycles. The molecule has 0 saturated heterocycles. The average molecular weight is 262 g/mol. The minimum Gasteiger partial charge on any atom is -0.490 e. The fraction of sp³-hybridized carbons (Fsp3) is 0.533. The first-order chi connectivity index (χ1) is 9.31. The highest BCUT2D eigenvalue weighted by molar-refractivity contribution is 5.39. The number of ether oxygens (including phenoxy) is 2. The molecular formula is C15H22N2O2. The van der Waals surface area contributed by atoms with Crippen molar-refractivity contribution in [2.75, 3.05) is 32.8 Å². The minimum absolute atomic E-state index is 0.449. The number of nitrogens with zero attached hydrogens (tertiary/aromatic N) is 2. The summed E-state index contributed by atoms with van der Waals surface area (Å²) in [5.74, 6) is 1.53. The molecule has 19 heavy (non-hydrogen) atoms. The maximum absolute atomic E-state index is 8.74. The lowest BCUT2D eigenvalue weighted by Gasteiger charge is -2.19. The van der Waals surface area contributed by atoms with Gasteiger partial charge in [0.25, 0.3) is 0 Å². The average Bonchev–Trinajstić information content (AvgIpc) is 2.41. The summed E-state index contributed by atoms with van der Waals surface area (Å²) in [7, 11) is 0. The van der Waals surface area contributed by atoms with Crippen LogP contribution in [-0.4, -0.2) is 37.7 Å². The highest BCUT2D eigenvalue weighted by Crippen LogP contribution is 2.26. The molecule has 0 spiro atoms. The number of rotatable bonds is 9. The van der Waals surface area contributed by atoms with E-state index in [0.29, 0.717) is 19.8 Å². The Kier molecular flexibility index (Phi) is 7.45. The molecule has 0 heterocycles. The predicted octanol–water partition coefficient (Wildman–Crippen LogP) is 2.70. The molecule has 0 unspecified atom stereocenters. The van der Waals surface area contributed by atoms with E-state index in [2.05, 4.69) is 17.9 Å². The number of benzene rings is 1. The zero-order valence-corrected chi connectivity index (χ0v) is 11.8. The van der Waals surface area contributed by atoms with E-state index in [4.69, 9.17) is 14.7 Å². The molecule has 1 aromatic rings. The maximum atomic E-state index is 8.74. The van der Waals surface area contributed by atoms with Gasteiger partial charge in [-0.1, -0.05) is 19.1 Å². The third-order valence-electron chi connectivity index (χ3n) is 2.65. The van der Waals surface area contributed by atoms with Crippen LogP contribution in [0.4, 0.5) is 0 Å². The van der Waals surface area contributed by atoms with Crippen molar-refractivity contribution in [1.82, 2.24) is 4.90 Å². The molecule has 0 aliphatic heterocycles. The molecule has 0 amide bonds. The first-order valence-corrected chi connectivity index (χ1v) is 6.75. The Hall–Kier alpha value is -1.73. The van der Waals surface area contributed by atoms with Crippen molar-refractivity contribution in [2.45, 2.75) is 20.3 Å². The largest absolute Gasteiger partial charge is 0.490 e. The van der Waals surface area contributed by atoms with Gasteiger partial charge in [0.1, 0.15) is 6.61 Å². The Balaban J connectivity index is 2.45. The number of para-hydroxylation sites is 2. The quantitative estimate of drug-likeness (QED) is 0.642. The number of hydrogen-bond acceptors (Lipinski definition) is 4. The molecule has 1 rings (SSSR count). The van der Waals surface area contributed by atoms with Gasteiger partial charge in [0.2, 0.25) is 0 Å². The van der Waals surface area contributed by atoms with Gasteiger partial charge in [-0.3, -0.25) is 4.90 Å². The van der Waals surface area contributed by atoms with Crippen LogP contribution in [0.3, 0.4) is 0 Å². The van der Waals surface area contributed by atoms with Gasteiger partial charge in [-0.15, -0.1) is 0 Å². The van der Waals surface area contributed by atoms with Crippen molar-refractivity contribution in [3.8, 4) is 17.6 Å². The second-order valence-electron chi connectivity index (χ2n) is 4.16. The van der Waals surface area contributed by atoms with E-state index in [1.54, 1.807) is 0 Å². The minimum atomic E-state index is 0.449. The summed E-state index contributed by atoms with van der Waals surface area (Å²) in [5, 5.41) is 8.74. The van der Waals surface area contributed by atoms with Crippen LogP contribution in [0.2, 0.25) is 0 Å². The van der Waals surface area contributed by atoms with Gasteiger partial charge < -0.3 is 9.47 Å². The molecule has 1 aromatic carbocycles. The maximum Gasteiger partial charge on any atom is 0.161 e. The SMILES string of the molecule is CCCN(CC#N)CCOc1ccccc1OCC. The molecule has 104 valence electrons. The van der Waals surface area contributed by atoms with Crippen LogP contribution >= 0.6 is 0 Å². The monoisotopic (exact) mass is 262 g/mol. The van der Waals surface area contributed by atoms with E-state index in [0.717, 1.165) is 31.0 Å².